The molecule has 10 heteroatoms. The lowest BCUT2D eigenvalue weighted by Gasteiger charge is -2.33. The molecule has 3 N–H and O–H groups in total. The number of halogens is 2. The van der Waals surface area contributed by atoms with Crippen LogP contribution in [0.5, 0.6) is 0 Å². The Morgan fingerprint density at radius 2 is 1.96 bits per heavy atom. The van der Waals surface area contributed by atoms with E-state index in [4.69, 9.17) is 10.6 Å². The molecular formula is C18H19F2N5O3. The van der Waals surface area contributed by atoms with Gasteiger partial charge in [0.25, 0.3) is 5.91 Å². The van der Waals surface area contributed by atoms with E-state index in [9.17, 15) is 18.4 Å². The van der Waals surface area contributed by atoms with E-state index in [1.165, 1.54) is 34.2 Å². The quantitative estimate of drug-likeness (QED) is 0.466. The first-order valence-electron chi connectivity index (χ1n) is 8.54. The number of anilines is 1. The van der Waals surface area contributed by atoms with Gasteiger partial charge in [0.2, 0.25) is 0 Å². The van der Waals surface area contributed by atoms with Crippen LogP contribution < -0.4 is 16.2 Å². The molecule has 2 aromatic rings. The fourth-order valence-electron chi connectivity index (χ4n) is 2.78. The van der Waals surface area contributed by atoms with E-state index in [2.05, 4.69) is 4.98 Å². The molecule has 1 aromatic carbocycles. The Morgan fingerprint density at radius 3 is 2.57 bits per heavy atom. The van der Waals surface area contributed by atoms with Crippen molar-refractivity contribution in [2.45, 2.75) is 6.54 Å². The van der Waals surface area contributed by atoms with E-state index in [1.807, 2.05) is 5.43 Å². The van der Waals surface area contributed by atoms with Gasteiger partial charge in [-0.05, 0) is 24.3 Å². The zero-order chi connectivity index (χ0) is 20.1. The smallest absolute Gasteiger partial charge is 0.325 e. The molecule has 0 saturated carbocycles. The highest BCUT2D eigenvalue weighted by Crippen LogP contribution is 2.24. The van der Waals surface area contributed by atoms with Crippen molar-refractivity contribution in [1.29, 1.82) is 0 Å². The number of nitrogen functional groups attached to an aromatic ring is 1. The molecule has 3 amide bonds. The number of carbonyl (C=O) groups is 2. The van der Waals surface area contributed by atoms with Crippen molar-refractivity contribution in [2.75, 3.05) is 31.2 Å². The van der Waals surface area contributed by atoms with Crippen LogP contribution in [0, 0.1) is 11.6 Å². The Bertz CT molecular complexity index is 857. The Morgan fingerprint density at radius 1 is 1.21 bits per heavy atom. The van der Waals surface area contributed by atoms with Crippen molar-refractivity contribution in [3.05, 3.63) is 59.4 Å². The highest BCUT2D eigenvalue weighted by molar-refractivity contribution is 5.93. The lowest BCUT2D eigenvalue weighted by atomic mass is 10.2. The SMILES string of the molecule is NNC(=O)c1ccc(CN(C(=O)N2CCOCC2)c2ccc(F)cc2F)nc1. The zero-order valence-electron chi connectivity index (χ0n) is 14.9. The van der Waals surface area contributed by atoms with Crippen molar-refractivity contribution < 1.29 is 23.1 Å². The molecule has 1 aliphatic heterocycles. The summed E-state index contributed by atoms with van der Waals surface area (Å²) in [6, 6.07) is 5.59. The predicted molar refractivity (Wildman–Crippen MR) is 96.2 cm³/mol. The average Bonchev–Trinajstić information content (AvgIpc) is 2.72. The Balaban J connectivity index is 1.89. The number of carbonyl (C=O) groups excluding carboxylic acids is 2. The summed E-state index contributed by atoms with van der Waals surface area (Å²) in [5.74, 6) is 2.97. The summed E-state index contributed by atoms with van der Waals surface area (Å²) in [6.07, 6.45) is 1.30. The van der Waals surface area contributed by atoms with E-state index in [0.717, 1.165) is 12.1 Å². The number of morpholine rings is 1. The van der Waals surface area contributed by atoms with E-state index in [-0.39, 0.29) is 17.8 Å². The molecular weight excluding hydrogens is 372 g/mol. The number of hydrazine groups is 1. The molecule has 28 heavy (non-hydrogen) atoms. The summed E-state index contributed by atoms with van der Waals surface area (Å²) < 4.78 is 32.9. The molecule has 0 bridgehead atoms. The van der Waals surface area contributed by atoms with Crippen molar-refractivity contribution >= 4 is 17.6 Å². The molecule has 148 valence electrons. The molecule has 0 aliphatic carbocycles. The number of aromatic nitrogens is 1. The minimum atomic E-state index is -0.860. The van der Waals surface area contributed by atoms with E-state index >= 15 is 0 Å². The van der Waals surface area contributed by atoms with Crippen LogP contribution in [0.4, 0.5) is 19.3 Å². The summed E-state index contributed by atoms with van der Waals surface area (Å²) in [4.78, 5) is 31.4. The first kappa shape index (κ1) is 19.6. The van der Waals surface area contributed by atoms with Crippen molar-refractivity contribution in [1.82, 2.24) is 15.3 Å². The minimum Gasteiger partial charge on any atom is -0.378 e. The summed E-state index contributed by atoms with van der Waals surface area (Å²) in [7, 11) is 0. The number of nitrogens with zero attached hydrogens (tertiary/aromatic N) is 3. The third-order valence-electron chi connectivity index (χ3n) is 4.25. The monoisotopic (exact) mass is 391 g/mol. The molecule has 8 nitrogen and oxygen atoms in total. The number of urea groups is 1. The summed E-state index contributed by atoms with van der Waals surface area (Å²) >= 11 is 0. The number of pyridine rings is 1. The molecule has 1 saturated heterocycles. The molecule has 2 heterocycles. The van der Waals surface area contributed by atoms with Gasteiger partial charge in [0.1, 0.15) is 11.6 Å². The Hall–Kier alpha value is -3.11. The molecule has 1 fully saturated rings. The number of nitrogens with one attached hydrogen (secondary N) is 1. The third-order valence-corrected chi connectivity index (χ3v) is 4.25. The molecule has 3 rings (SSSR count). The number of benzene rings is 1. The van der Waals surface area contributed by atoms with E-state index in [1.54, 1.807) is 0 Å². The molecule has 0 spiro atoms. The summed E-state index contributed by atoms with van der Waals surface area (Å²) in [6.45, 7) is 1.42. The van der Waals surface area contributed by atoms with Crippen molar-refractivity contribution in [2.24, 2.45) is 5.84 Å². The van der Waals surface area contributed by atoms with Crippen LogP contribution in [0.1, 0.15) is 16.1 Å². The van der Waals surface area contributed by atoms with E-state index < -0.39 is 23.6 Å². The van der Waals surface area contributed by atoms with Gasteiger partial charge in [0, 0.05) is 25.4 Å². The number of ether oxygens (including phenoxy) is 1. The second-order valence-electron chi connectivity index (χ2n) is 6.08. The maximum absolute atomic E-state index is 14.4. The number of hydrogen-bond donors (Lipinski definition) is 2. The van der Waals surface area contributed by atoms with Gasteiger partial charge >= 0.3 is 6.03 Å². The van der Waals surface area contributed by atoms with Gasteiger partial charge in [-0.2, -0.15) is 0 Å². The number of amides is 3. The van der Waals surface area contributed by atoms with Crippen LogP contribution in [-0.4, -0.2) is 48.1 Å². The van der Waals surface area contributed by atoms with Gasteiger partial charge < -0.3 is 9.64 Å². The molecule has 0 unspecified atom stereocenters. The average molecular weight is 391 g/mol. The van der Waals surface area contributed by atoms with Gasteiger partial charge in [-0.1, -0.05) is 0 Å². The number of rotatable bonds is 4. The fourth-order valence-corrected chi connectivity index (χ4v) is 2.78. The standard InChI is InChI=1S/C18H19F2N5O3/c19-13-2-4-16(15(20)9-13)25(18(27)24-5-7-28-8-6-24)11-14-3-1-12(10-22-14)17(26)23-21/h1-4,9-10H,5-8,11,21H2,(H,23,26). The molecule has 0 radical (unpaired) electrons. The second-order valence-corrected chi connectivity index (χ2v) is 6.08. The lowest BCUT2D eigenvalue weighted by molar-refractivity contribution is 0.0547. The molecule has 1 aromatic heterocycles. The molecule has 1 aliphatic rings. The lowest BCUT2D eigenvalue weighted by Crippen LogP contribution is -2.48. The fraction of sp³-hybridized carbons (Fsp3) is 0.278. The van der Waals surface area contributed by atoms with Crippen LogP contribution in [0.15, 0.2) is 36.5 Å². The van der Waals surface area contributed by atoms with Crippen LogP contribution in [0.2, 0.25) is 0 Å². The molecule has 0 atom stereocenters. The highest BCUT2D eigenvalue weighted by Gasteiger charge is 2.27. The number of nitrogens with two attached hydrogens (primary N) is 1. The van der Waals surface area contributed by atoms with Gasteiger partial charge in [0.05, 0.1) is 36.7 Å². The predicted octanol–water partition coefficient (Wildman–Crippen LogP) is 1.42. The Labute approximate surface area is 159 Å². The maximum atomic E-state index is 14.4. The van der Waals surface area contributed by atoms with Gasteiger partial charge in [-0.3, -0.25) is 20.1 Å². The minimum absolute atomic E-state index is 0.0662. The van der Waals surface area contributed by atoms with Crippen LogP contribution in [-0.2, 0) is 11.3 Å². The van der Waals surface area contributed by atoms with Crippen molar-refractivity contribution in [3.63, 3.8) is 0 Å². The topological polar surface area (TPSA) is 101 Å². The zero-order valence-corrected chi connectivity index (χ0v) is 14.9. The third kappa shape index (κ3) is 4.41. The normalized spacial score (nSPS) is 13.9. The van der Waals surface area contributed by atoms with Gasteiger partial charge in [0.15, 0.2) is 0 Å². The van der Waals surface area contributed by atoms with Crippen LogP contribution >= 0.6 is 0 Å². The van der Waals surface area contributed by atoms with Crippen LogP contribution in [0.25, 0.3) is 0 Å². The van der Waals surface area contributed by atoms with Gasteiger partial charge in [-0.25, -0.2) is 19.4 Å². The summed E-state index contributed by atoms with van der Waals surface area (Å²) in [5.41, 5.74) is 2.58. The largest absolute Gasteiger partial charge is 0.378 e. The maximum Gasteiger partial charge on any atom is 0.325 e. The Kier molecular flexibility index (Phi) is 6.12. The first-order chi connectivity index (χ1) is 13.5. The highest BCUT2D eigenvalue weighted by atomic mass is 19.1. The summed E-state index contributed by atoms with van der Waals surface area (Å²) in [5, 5.41) is 0. The van der Waals surface area contributed by atoms with Crippen molar-refractivity contribution in [3.8, 4) is 0 Å². The number of hydrogen-bond acceptors (Lipinski definition) is 5. The second kappa shape index (κ2) is 8.72. The van der Waals surface area contributed by atoms with Crippen LogP contribution in [0.3, 0.4) is 0 Å². The van der Waals surface area contributed by atoms with E-state index in [0.29, 0.717) is 32.0 Å². The van der Waals surface area contributed by atoms with Gasteiger partial charge in [-0.15, -0.1) is 0 Å². The first-order valence-corrected chi connectivity index (χ1v) is 8.54.